The second-order valence-electron chi connectivity index (χ2n) is 12.6. The van der Waals surface area contributed by atoms with Gasteiger partial charge in [-0.25, -0.2) is 9.74 Å². The number of para-hydroxylation sites is 4. The van der Waals surface area contributed by atoms with Gasteiger partial charge in [0.2, 0.25) is 0 Å². The van der Waals surface area contributed by atoms with Gasteiger partial charge in [0.1, 0.15) is 0 Å². The minimum atomic E-state index is -0.428. The van der Waals surface area contributed by atoms with Crippen LogP contribution < -0.4 is 4.90 Å². The fourth-order valence-electron chi connectivity index (χ4n) is 7.61. The van der Waals surface area contributed by atoms with Crippen LogP contribution in [0.4, 0.5) is 11.4 Å². The molecule has 0 radical (unpaired) electrons. The minimum Gasteiger partial charge on any atom is -0.307 e. The third-order valence-corrected chi connectivity index (χ3v) is 9.83. The first-order valence-electron chi connectivity index (χ1n) is 16.8. The van der Waals surface area contributed by atoms with Gasteiger partial charge in [-0.3, -0.25) is 9.59 Å². The number of hydrogen-bond donors (Lipinski definition) is 0. The summed E-state index contributed by atoms with van der Waals surface area (Å²) in [5.74, 6) is -0.831. The van der Waals surface area contributed by atoms with Gasteiger partial charge in [0.15, 0.2) is 5.69 Å². The summed E-state index contributed by atoms with van der Waals surface area (Å²) in [5, 5.41) is 12.0. The molecule has 0 aliphatic carbocycles. The third kappa shape index (κ3) is 4.49. The highest BCUT2D eigenvalue weighted by Crippen LogP contribution is 2.46. The number of nitrogens with zero attached hydrogens (tertiary/aromatic N) is 4. The fourth-order valence-corrected chi connectivity index (χ4v) is 7.61. The number of carbonyl (C=O) groups excluding carboxylic acids is 2. The van der Waals surface area contributed by atoms with E-state index in [9.17, 15) is 14.9 Å². The predicted octanol–water partition coefficient (Wildman–Crippen LogP) is 11.0. The Morgan fingerprint density at radius 2 is 1.04 bits per heavy atom. The van der Waals surface area contributed by atoms with Crippen molar-refractivity contribution in [3.05, 3.63) is 186 Å². The summed E-state index contributed by atoms with van der Waals surface area (Å²) in [6.07, 6.45) is 0. The van der Waals surface area contributed by atoms with Crippen LogP contribution >= 0.6 is 0 Å². The zero-order valence-electron chi connectivity index (χ0n) is 27.6. The first-order chi connectivity index (χ1) is 25.6. The predicted molar refractivity (Wildman–Crippen MR) is 206 cm³/mol. The molecule has 0 atom stereocenters. The molecule has 6 heteroatoms. The van der Waals surface area contributed by atoms with Crippen LogP contribution in [-0.2, 0) is 0 Å². The van der Waals surface area contributed by atoms with Gasteiger partial charge in [-0.1, -0.05) is 133 Å². The number of rotatable bonds is 5. The Morgan fingerprint density at radius 1 is 0.500 bits per heavy atom. The minimum absolute atomic E-state index is 0.283. The van der Waals surface area contributed by atoms with Crippen LogP contribution in [0.25, 0.3) is 65.7 Å². The molecule has 0 N–H and O–H groups in total. The molecule has 0 saturated carbocycles. The fraction of sp³-hybridized carbons (Fsp3) is 0. The van der Waals surface area contributed by atoms with Crippen LogP contribution in [0.5, 0.6) is 0 Å². The number of anilines is 1. The molecular formula is C46H26N4O2. The van der Waals surface area contributed by atoms with E-state index < -0.39 is 11.8 Å². The van der Waals surface area contributed by atoms with E-state index in [1.165, 1.54) is 4.90 Å². The highest BCUT2D eigenvalue weighted by atomic mass is 16.2. The summed E-state index contributed by atoms with van der Waals surface area (Å²) in [4.78, 5) is 34.4. The molecule has 2 heterocycles. The van der Waals surface area contributed by atoms with E-state index in [1.54, 1.807) is 24.3 Å². The van der Waals surface area contributed by atoms with Crippen LogP contribution in [0.3, 0.4) is 0 Å². The number of aromatic nitrogens is 1. The number of nitriles is 1. The highest BCUT2D eigenvalue weighted by molar-refractivity contribution is 6.36. The molecule has 7 aromatic carbocycles. The van der Waals surface area contributed by atoms with Gasteiger partial charge in [-0.05, 0) is 41.0 Å². The molecule has 52 heavy (non-hydrogen) atoms. The Morgan fingerprint density at radius 3 is 1.75 bits per heavy atom. The number of hydrogen-bond acceptors (Lipinski definition) is 3. The second-order valence-corrected chi connectivity index (χ2v) is 12.6. The van der Waals surface area contributed by atoms with Gasteiger partial charge in [-0.15, -0.1) is 0 Å². The molecule has 0 saturated heterocycles. The van der Waals surface area contributed by atoms with Crippen molar-refractivity contribution >= 4 is 45.0 Å². The Bertz CT molecular complexity index is 2760. The van der Waals surface area contributed by atoms with E-state index in [0.29, 0.717) is 28.2 Å². The SMILES string of the molecule is [C-]#[N+]c1ccccc1-c1cccc2c3cccc(-c4ccccc4C#N)c3n(-c3cccc4c3C(=O)N(c3ccccc3-c3ccccc3)C4=O)c12. The molecule has 2 amide bonds. The maximum absolute atomic E-state index is 14.9. The molecule has 1 aromatic heterocycles. The van der Waals surface area contributed by atoms with Crippen molar-refractivity contribution in [1.29, 1.82) is 5.26 Å². The number of imide groups is 1. The molecule has 242 valence electrons. The molecule has 9 rings (SSSR count). The van der Waals surface area contributed by atoms with E-state index in [4.69, 9.17) is 6.57 Å². The van der Waals surface area contributed by atoms with Gasteiger partial charge in [-0.2, -0.15) is 5.26 Å². The van der Waals surface area contributed by atoms with E-state index in [-0.39, 0.29) is 5.56 Å². The summed E-state index contributed by atoms with van der Waals surface area (Å²) in [5.41, 5.74) is 8.96. The lowest BCUT2D eigenvalue weighted by Crippen LogP contribution is -2.30. The molecule has 0 unspecified atom stereocenters. The van der Waals surface area contributed by atoms with Crippen molar-refractivity contribution in [2.24, 2.45) is 0 Å². The second kappa shape index (κ2) is 12.1. The van der Waals surface area contributed by atoms with Crippen molar-refractivity contribution in [3.63, 3.8) is 0 Å². The van der Waals surface area contributed by atoms with Crippen molar-refractivity contribution in [2.45, 2.75) is 0 Å². The molecule has 1 aliphatic rings. The Hall–Kier alpha value is -7.54. The highest BCUT2D eigenvalue weighted by Gasteiger charge is 2.40. The van der Waals surface area contributed by atoms with Crippen LogP contribution in [-0.4, -0.2) is 16.4 Å². The summed E-state index contributed by atoms with van der Waals surface area (Å²) in [7, 11) is 0. The lowest BCUT2D eigenvalue weighted by molar-refractivity contribution is 0.0926. The lowest BCUT2D eigenvalue weighted by atomic mass is 9.97. The zero-order valence-corrected chi connectivity index (χ0v) is 27.6. The molecule has 0 fully saturated rings. The Balaban J connectivity index is 1.39. The molecule has 6 nitrogen and oxygen atoms in total. The monoisotopic (exact) mass is 666 g/mol. The van der Waals surface area contributed by atoms with Gasteiger partial charge < -0.3 is 4.57 Å². The van der Waals surface area contributed by atoms with Gasteiger partial charge in [0.05, 0.1) is 51.7 Å². The normalized spacial score (nSPS) is 12.2. The van der Waals surface area contributed by atoms with Gasteiger partial charge >= 0.3 is 0 Å². The van der Waals surface area contributed by atoms with Gasteiger partial charge in [0, 0.05) is 27.5 Å². The zero-order chi connectivity index (χ0) is 35.3. The van der Waals surface area contributed by atoms with Gasteiger partial charge in [0.25, 0.3) is 11.8 Å². The quantitative estimate of drug-likeness (QED) is 0.136. The summed E-state index contributed by atoms with van der Waals surface area (Å²) < 4.78 is 2.06. The Labute approximate surface area is 299 Å². The maximum Gasteiger partial charge on any atom is 0.268 e. The van der Waals surface area contributed by atoms with Crippen molar-refractivity contribution in [3.8, 4) is 45.1 Å². The molecule has 8 aromatic rings. The van der Waals surface area contributed by atoms with Crippen LogP contribution in [0.1, 0.15) is 26.3 Å². The number of carbonyl (C=O) groups is 2. The largest absolute Gasteiger partial charge is 0.307 e. The molecule has 1 aliphatic heterocycles. The average Bonchev–Trinajstić information content (AvgIpc) is 3.68. The smallest absolute Gasteiger partial charge is 0.268 e. The third-order valence-electron chi connectivity index (χ3n) is 9.83. The first kappa shape index (κ1) is 30.5. The number of amides is 2. The van der Waals surface area contributed by atoms with Crippen molar-refractivity contribution in [1.82, 2.24) is 4.57 Å². The summed E-state index contributed by atoms with van der Waals surface area (Å²) >= 11 is 0. The lowest BCUT2D eigenvalue weighted by Gasteiger charge is -2.19. The standard InChI is InChI=1S/C46H26N4O2/c1-48-39-25-9-7-19-33(39)35-21-12-23-37-36-22-11-20-34(31-17-6-5-16-30(31)28-47)43(36)49(44(35)37)41-27-13-24-38-42(41)46(52)50(45(38)51)40-26-10-8-18-32(40)29-14-3-2-4-15-29/h2-27H. The van der Waals surface area contributed by atoms with E-state index >= 15 is 0 Å². The van der Waals surface area contributed by atoms with Crippen LogP contribution in [0, 0.1) is 17.9 Å². The maximum atomic E-state index is 14.9. The van der Waals surface area contributed by atoms with Crippen LogP contribution in [0.2, 0.25) is 0 Å². The van der Waals surface area contributed by atoms with Crippen molar-refractivity contribution < 1.29 is 9.59 Å². The number of benzene rings is 7. The van der Waals surface area contributed by atoms with Crippen LogP contribution in [0.15, 0.2) is 158 Å². The Kier molecular flexibility index (Phi) is 7.10. The number of fused-ring (bicyclic) bond motifs is 4. The molecule has 0 spiro atoms. The van der Waals surface area contributed by atoms with Crippen molar-refractivity contribution in [2.75, 3.05) is 4.90 Å². The average molecular weight is 667 g/mol. The molecule has 0 bridgehead atoms. The van der Waals surface area contributed by atoms with E-state index in [2.05, 4.69) is 15.5 Å². The topological polar surface area (TPSA) is 70.5 Å². The first-order valence-corrected chi connectivity index (χ1v) is 16.8. The summed E-state index contributed by atoms with van der Waals surface area (Å²) in [6.45, 7) is 7.99. The van der Waals surface area contributed by atoms with E-state index in [0.717, 1.165) is 55.2 Å². The molecular weight excluding hydrogens is 641 g/mol. The van der Waals surface area contributed by atoms with E-state index in [1.807, 2.05) is 133 Å². The summed E-state index contributed by atoms with van der Waals surface area (Å²) in [6, 6.07) is 51.9.